The molecule has 0 aromatic carbocycles. The number of likely N-dealkylation sites (N-methyl/N-ethyl adjacent to an activating group) is 1. The maximum atomic E-state index is 11.3. The lowest BCUT2D eigenvalue weighted by Crippen LogP contribution is -2.52. The zero-order chi connectivity index (χ0) is 15.8. The molecule has 5 N–H and O–H groups in total. The van der Waals surface area contributed by atoms with E-state index in [1.807, 2.05) is 13.8 Å². The number of amides is 1. The normalized spacial score (nSPS) is 15.8. The number of carboxylic acid groups (broad SMARTS) is 1. The molecule has 0 aromatic heterocycles. The summed E-state index contributed by atoms with van der Waals surface area (Å²) in [6.45, 7) is 5.59. The molecule has 0 saturated heterocycles. The number of nitrogens with one attached hydrogen (secondary N) is 2. The van der Waals surface area contributed by atoms with Gasteiger partial charge in [0.1, 0.15) is 5.54 Å². The average molecular weight is 287 g/mol. The smallest absolute Gasteiger partial charge is 0.323 e. The van der Waals surface area contributed by atoms with Gasteiger partial charge in [-0.05, 0) is 40.7 Å². The van der Waals surface area contributed by atoms with Gasteiger partial charge in [-0.15, -0.1) is 0 Å². The number of carbonyl (C=O) groups excluding carboxylic acids is 1. The van der Waals surface area contributed by atoms with Crippen LogP contribution in [0.1, 0.15) is 52.9 Å². The molecular weight excluding hydrogens is 258 g/mol. The molecule has 0 heterocycles. The van der Waals surface area contributed by atoms with Crippen LogP contribution in [0.25, 0.3) is 0 Å². The fourth-order valence-electron chi connectivity index (χ4n) is 2.31. The zero-order valence-electron chi connectivity index (χ0n) is 13.0. The maximum absolute atomic E-state index is 11.3. The molecule has 0 aliphatic heterocycles. The molecule has 6 nitrogen and oxygen atoms in total. The summed E-state index contributed by atoms with van der Waals surface area (Å²) in [6.07, 6.45) is 3.80. The molecule has 2 atom stereocenters. The Labute approximate surface area is 121 Å². The van der Waals surface area contributed by atoms with Crippen LogP contribution in [0.15, 0.2) is 0 Å². The lowest BCUT2D eigenvalue weighted by atomic mass is 9.93. The molecule has 20 heavy (non-hydrogen) atoms. The van der Waals surface area contributed by atoms with Crippen molar-refractivity contribution < 1.29 is 14.7 Å². The van der Waals surface area contributed by atoms with Gasteiger partial charge in [-0.2, -0.15) is 0 Å². The van der Waals surface area contributed by atoms with Gasteiger partial charge in [-0.1, -0.05) is 19.3 Å². The van der Waals surface area contributed by atoms with Gasteiger partial charge in [0.05, 0.1) is 6.04 Å². The van der Waals surface area contributed by atoms with Gasteiger partial charge in [0.15, 0.2) is 0 Å². The van der Waals surface area contributed by atoms with E-state index in [9.17, 15) is 14.7 Å². The lowest BCUT2D eigenvalue weighted by molar-refractivity contribution is -0.144. The molecule has 0 bridgehead atoms. The molecule has 0 saturated carbocycles. The monoisotopic (exact) mass is 287 g/mol. The van der Waals surface area contributed by atoms with Crippen LogP contribution >= 0.6 is 0 Å². The summed E-state index contributed by atoms with van der Waals surface area (Å²) in [4.78, 5) is 22.4. The van der Waals surface area contributed by atoms with Crippen LogP contribution in [-0.4, -0.2) is 41.7 Å². The van der Waals surface area contributed by atoms with Crippen LogP contribution in [0, 0.1) is 0 Å². The minimum absolute atomic E-state index is 0.125. The van der Waals surface area contributed by atoms with Crippen molar-refractivity contribution >= 4 is 11.9 Å². The predicted octanol–water partition coefficient (Wildman–Crippen LogP) is 0.852. The number of aliphatic carboxylic acids is 1. The van der Waals surface area contributed by atoms with Gasteiger partial charge >= 0.3 is 5.97 Å². The molecule has 0 aromatic rings. The fourth-order valence-corrected chi connectivity index (χ4v) is 2.31. The lowest BCUT2D eigenvalue weighted by Gasteiger charge is -2.28. The van der Waals surface area contributed by atoms with Crippen LogP contribution in [0.2, 0.25) is 0 Å². The van der Waals surface area contributed by atoms with Crippen molar-refractivity contribution in [3.05, 3.63) is 0 Å². The Kier molecular flexibility index (Phi) is 8.41. The van der Waals surface area contributed by atoms with Crippen molar-refractivity contribution in [2.75, 3.05) is 7.05 Å². The molecule has 0 aliphatic rings. The standard InChI is InChI=1S/C14H29N3O3/c1-10(2)17-14(3,13(19)20)9-7-5-6-8-11(16-4)12(15)18/h10-11,16-17H,5-9H2,1-4H3,(H2,15,18)(H,19,20). The van der Waals surface area contributed by atoms with Gasteiger partial charge in [0.25, 0.3) is 0 Å². The molecule has 0 spiro atoms. The molecule has 0 rings (SSSR count). The zero-order valence-corrected chi connectivity index (χ0v) is 13.0. The Bertz CT molecular complexity index is 321. The van der Waals surface area contributed by atoms with Crippen LogP contribution in [0.4, 0.5) is 0 Å². The summed E-state index contributed by atoms with van der Waals surface area (Å²) in [6, 6.07) is -0.172. The average Bonchev–Trinajstić information content (AvgIpc) is 2.32. The Morgan fingerprint density at radius 2 is 1.85 bits per heavy atom. The van der Waals surface area contributed by atoms with Crippen molar-refractivity contribution in [2.24, 2.45) is 5.73 Å². The summed E-state index contributed by atoms with van der Waals surface area (Å²) >= 11 is 0. The number of unbranched alkanes of at least 4 members (excludes halogenated alkanes) is 2. The second kappa shape index (κ2) is 8.92. The molecule has 0 fully saturated rings. The molecule has 2 unspecified atom stereocenters. The van der Waals surface area contributed by atoms with Crippen molar-refractivity contribution in [1.82, 2.24) is 10.6 Å². The van der Waals surface area contributed by atoms with E-state index in [4.69, 9.17) is 5.73 Å². The number of carboxylic acids is 1. The second-order valence-corrected chi connectivity index (χ2v) is 5.78. The summed E-state index contributed by atoms with van der Waals surface area (Å²) in [5.74, 6) is -1.17. The van der Waals surface area contributed by atoms with E-state index in [1.54, 1.807) is 14.0 Å². The first kappa shape index (κ1) is 18.9. The quantitative estimate of drug-likeness (QED) is 0.422. The predicted molar refractivity (Wildman–Crippen MR) is 79.4 cm³/mol. The summed E-state index contributed by atoms with van der Waals surface area (Å²) in [5, 5.41) is 15.3. The first-order chi connectivity index (χ1) is 9.23. The van der Waals surface area contributed by atoms with E-state index in [0.717, 1.165) is 19.3 Å². The van der Waals surface area contributed by atoms with E-state index in [2.05, 4.69) is 10.6 Å². The maximum Gasteiger partial charge on any atom is 0.323 e. The van der Waals surface area contributed by atoms with Gasteiger partial charge < -0.3 is 16.2 Å². The fraction of sp³-hybridized carbons (Fsp3) is 0.857. The van der Waals surface area contributed by atoms with Gasteiger partial charge in [0, 0.05) is 6.04 Å². The van der Waals surface area contributed by atoms with E-state index < -0.39 is 11.5 Å². The Balaban J connectivity index is 4.08. The largest absolute Gasteiger partial charge is 0.480 e. The Morgan fingerprint density at radius 3 is 2.25 bits per heavy atom. The molecule has 0 radical (unpaired) electrons. The molecule has 6 heteroatoms. The summed E-state index contributed by atoms with van der Waals surface area (Å²) in [5.41, 5.74) is 4.35. The first-order valence-electron chi connectivity index (χ1n) is 7.20. The van der Waals surface area contributed by atoms with E-state index in [-0.39, 0.29) is 18.0 Å². The minimum atomic E-state index is -0.889. The van der Waals surface area contributed by atoms with Crippen LogP contribution in [0.5, 0.6) is 0 Å². The molecular formula is C14H29N3O3. The molecule has 118 valence electrons. The van der Waals surface area contributed by atoms with Gasteiger partial charge in [0.2, 0.25) is 5.91 Å². The second-order valence-electron chi connectivity index (χ2n) is 5.78. The highest BCUT2D eigenvalue weighted by atomic mass is 16.4. The number of rotatable bonds is 11. The topological polar surface area (TPSA) is 104 Å². The highest BCUT2D eigenvalue weighted by Crippen LogP contribution is 2.17. The summed E-state index contributed by atoms with van der Waals surface area (Å²) in [7, 11) is 1.71. The summed E-state index contributed by atoms with van der Waals surface area (Å²) < 4.78 is 0. The number of primary amides is 1. The number of hydrogen-bond acceptors (Lipinski definition) is 4. The number of nitrogens with two attached hydrogens (primary N) is 1. The van der Waals surface area contributed by atoms with Crippen molar-refractivity contribution in [1.29, 1.82) is 0 Å². The van der Waals surface area contributed by atoms with Crippen molar-refractivity contribution in [3.63, 3.8) is 0 Å². The van der Waals surface area contributed by atoms with E-state index >= 15 is 0 Å². The van der Waals surface area contributed by atoms with Crippen LogP contribution < -0.4 is 16.4 Å². The molecule has 0 aliphatic carbocycles. The van der Waals surface area contributed by atoms with Crippen LogP contribution in [0.3, 0.4) is 0 Å². The molecule has 1 amide bonds. The van der Waals surface area contributed by atoms with Gasteiger partial charge in [-0.25, -0.2) is 0 Å². The number of hydrogen-bond donors (Lipinski definition) is 4. The Hall–Kier alpha value is -1.14. The van der Waals surface area contributed by atoms with Gasteiger partial charge in [-0.3, -0.25) is 14.9 Å². The highest BCUT2D eigenvalue weighted by molar-refractivity contribution is 5.79. The van der Waals surface area contributed by atoms with E-state index in [0.29, 0.717) is 12.8 Å². The minimum Gasteiger partial charge on any atom is -0.480 e. The third-order valence-electron chi connectivity index (χ3n) is 3.44. The third-order valence-corrected chi connectivity index (χ3v) is 3.44. The van der Waals surface area contributed by atoms with E-state index in [1.165, 1.54) is 0 Å². The third kappa shape index (κ3) is 6.86. The van der Waals surface area contributed by atoms with Crippen molar-refractivity contribution in [2.45, 2.75) is 70.5 Å². The number of carbonyl (C=O) groups is 2. The van der Waals surface area contributed by atoms with Crippen molar-refractivity contribution in [3.8, 4) is 0 Å². The first-order valence-corrected chi connectivity index (χ1v) is 7.20. The Morgan fingerprint density at radius 1 is 1.25 bits per heavy atom. The highest BCUT2D eigenvalue weighted by Gasteiger charge is 2.32. The van der Waals surface area contributed by atoms with Crippen LogP contribution in [-0.2, 0) is 9.59 Å². The SMILES string of the molecule is CNC(CCCCCC(C)(NC(C)C)C(=O)O)C(N)=O.